The average Bonchev–Trinajstić information content (AvgIpc) is 3.05. The largest absolute Gasteiger partial charge is 0.489 e. The summed E-state index contributed by atoms with van der Waals surface area (Å²) < 4.78 is 12.0. The summed E-state index contributed by atoms with van der Waals surface area (Å²) in [5, 5.41) is 3.38. The van der Waals surface area contributed by atoms with Crippen molar-refractivity contribution in [2.45, 2.75) is 72.1 Å². The lowest BCUT2D eigenvalue weighted by Gasteiger charge is -2.25. The molecule has 46 heavy (non-hydrogen) atoms. The molecule has 0 unspecified atom stereocenters. The standard InChI is InChI=1S/C37H50N4O5/c1-5-17-41(18-6-2)36(43)30-21-29(35(39)42)22-31(23-30)37(44)46-34(24-40-16-15-26(3)4)33(38)20-28-13-10-14-32(19-28)45-25-27-11-8-7-9-12-27/h7-14,19,21-23,26,33-34,40H,5-6,15-18,20,24-25,38H2,1-4H3,(H2,39,42)/t33-,34+/m0/s1. The van der Waals surface area contributed by atoms with Crippen LogP contribution in [0.2, 0.25) is 0 Å². The van der Waals surface area contributed by atoms with E-state index >= 15 is 0 Å². The fraction of sp³-hybridized carbons (Fsp3) is 0.432. The molecule has 5 N–H and O–H groups in total. The molecule has 0 radical (unpaired) electrons. The second-order valence-electron chi connectivity index (χ2n) is 12.1. The Morgan fingerprint density at radius 3 is 2.15 bits per heavy atom. The summed E-state index contributed by atoms with van der Waals surface area (Å²) in [7, 11) is 0. The summed E-state index contributed by atoms with van der Waals surface area (Å²) in [5.41, 5.74) is 14.7. The fourth-order valence-corrected chi connectivity index (χ4v) is 5.08. The first kappa shape index (κ1) is 36.3. The molecule has 9 heteroatoms. The van der Waals surface area contributed by atoms with Gasteiger partial charge in [-0.1, -0.05) is 70.2 Å². The van der Waals surface area contributed by atoms with Crippen LogP contribution in [-0.4, -0.2) is 61.0 Å². The van der Waals surface area contributed by atoms with Crippen molar-refractivity contribution in [3.63, 3.8) is 0 Å². The fourth-order valence-electron chi connectivity index (χ4n) is 5.08. The number of hydrogen-bond acceptors (Lipinski definition) is 7. The molecule has 2 amide bonds. The second kappa shape index (κ2) is 18.7. The Bertz CT molecular complexity index is 1410. The molecule has 3 aromatic rings. The first-order valence-electron chi connectivity index (χ1n) is 16.3. The molecule has 0 saturated carbocycles. The normalized spacial score (nSPS) is 12.4. The van der Waals surface area contributed by atoms with Crippen LogP contribution in [0.1, 0.15) is 89.2 Å². The van der Waals surface area contributed by atoms with Gasteiger partial charge in [0.15, 0.2) is 0 Å². The number of primary amides is 1. The Kier molecular flexibility index (Phi) is 14.7. The Labute approximate surface area is 273 Å². The molecule has 0 spiro atoms. The van der Waals surface area contributed by atoms with E-state index in [-0.39, 0.29) is 22.6 Å². The number of carbonyl (C=O) groups excluding carboxylic acids is 3. The van der Waals surface area contributed by atoms with Crippen molar-refractivity contribution in [1.29, 1.82) is 0 Å². The highest BCUT2D eigenvalue weighted by Gasteiger charge is 2.25. The van der Waals surface area contributed by atoms with Gasteiger partial charge in [0.25, 0.3) is 5.91 Å². The topological polar surface area (TPSA) is 137 Å². The van der Waals surface area contributed by atoms with Gasteiger partial charge in [-0.15, -0.1) is 0 Å². The van der Waals surface area contributed by atoms with Crippen molar-refractivity contribution in [2.24, 2.45) is 17.4 Å². The van der Waals surface area contributed by atoms with Crippen LogP contribution in [0.25, 0.3) is 0 Å². The molecule has 9 nitrogen and oxygen atoms in total. The molecule has 0 saturated heterocycles. The van der Waals surface area contributed by atoms with Gasteiger partial charge in [0.05, 0.1) is 5.56 Å². The average molecular weight is 631 g/mol. The van der Waals surface area contributed by atoms with Crippen LogP contribution in [-0.2, 0) is 17.8 Å². The molecule has 0 heterocycles. The highest BCUT2D eigenvalue weighted by Crippen LogP contribution is 2.19. The third-order valence-electron chi connectivity index (χ3n) is 7.57. The zero-order valence-electron chi connectivity index (χ0n) is 27.7. The van der Waals surface area contributed by atoms with E-state index in [0.29, 0.717) is 38.6 Å². The van der Waals surface area contributed by atoms with Gasteiger partial charge in [0.1, 0.15) is 18.5 Å². The van der Waals surface area contributed by atoms with Gasteiger partial charge in [-0.25, -0.2) is 4.79 Å². The van der Waals surface area contributed by atoms with E-state index in [9.17, 15) is 14.4 Å². The number of nitrogens with zero attached hydrogens (tertiary/aromatic N) is 1. The quantitative estimate of drug-likeness (QED) is 0.120. The minimum atomic E-state index is -0.737. The Balaban J connectivity index is 1.80. The molecule has 0 aliphatic heterocycles. The SMILES string of the molecule is CCCN(CCC)C(=O)c1cc(C(N)=O)cc(C(=O)O[C@H](CNCCC(C)C)[C@@H](N)Cc2cccc(OCc3ccccc3)c2)c1. The van der Waals surface area contributed by atoms with Crippen LogP contribution in [0.15, 0.2) is 72.8 Å². The van der Waals surface area contributed by atoms with E-state index in [1.165, 1.54) is 18.2 Å². The number of rotatable bonds is 19. The second-order valence-corrected chi connectivity index (χ2v) is 12.1. The molecule has 2 atom stereocenters. The summed E-state index contributed by atoms with van der Waals surface area (Å²) in [6, 6.07) is 21.4. The highest BCUT2D eigenvalue weighted by molar-refractivity contribution is 6.03. The van der Waals surface area contributed by atoms with Crippen molar-refractivity contribution in [3.8, 4) is 5.75 Å². The van der Waals surface area contributed by atoms with Crippen LogP contribution < -0.4 is 21.5 Å². The van der Waals surface area contributed by atoms with Crippen molar-refractivity contribution in [1.82, 2.24) is 10.2 Å². The molecule has 248 valence electrons. The summed E-state index contributed by atoms with van der Waals surface area (Å²) >= 11 is 0. The maximum atomic E-state index is 13.6. The lowest BCUT2D eigenvalue weighted by atomic mass is 10.0. The first-order valence-corrected chi connectivity index (χ1v) is 16.3. The molecular formula is C37H50N4O5. The van der Waals surface area contributed by atoms with Gasteiger partial charge in [-0.3, -0.25) is 9.59 Å². The van der Waals surface area contributed by atoms with Crippen molar-refractivity contribution in [3.05, 3.63) is 101 Å². The van der Waals surface area contributed by atoms with E-state index in [1.54, 1.807) is 4.90 Å². The predicted molar refractivity (Wildman–Crippen MR) is 182 cm³/mol. The van der Waals surface area contributed by atoms with E-state index in [2.05, 4.69) is 19.2 Å². The van der Waals surface area contributed by atoms with E-state index in [0.717, 1.165) is 42.7 Å². The molecule has 0 bridgehead atoms. The minimum absolute atomic E-state index is 0.0639. The summed E-state index contributed by atoms with van der Waals surface area (Å²) in [6.45, 7) is 10.9. The summed E-state index contributed by atoms with van der Waals surface area (Å²) in [6.07, 6.45) is 2.25. The monoisotopic (exact) mass is 630 g/mol. The molecule has 3 aromatic carbocycles. The van der Waals surface area contributed by atoms with Crippen LogP contribution in [0, 0.1) is 5.92 Å². The van der Waals surface area contributed by atoms with E-state index < -0.39 is 24.0 Å². The first-order chi connectivity index (χ1) is 22.1. The molecule has 0 aliphatic rings. The lowest BCUT2D eigenvalue weighted by Crippen LogP contribution is -2.46. The Morgan fingerprint density at radius 1 is 0.848 bits per heavy atom. The van der Waals surface area contributed by atoms with Gasteiger partial charge in [-0.05, 0) is 79.6 Å². The summed E-state index contributed by atoms with van der Waals surface area (Å²) in [4.78, 5) is 40.9. The van der Waals surface area contributed by atoms with Gasteiger partial charge >= 0.3 is 5.97 Å². The lowest BCUT2D eigenvalue weighted by molar-refractivity contribution is 0.0238. The maximum absolute atomic E-state index is 13.6. The van der Waals surface area contributed by atoms with Crippen LogP contribution in [0.5, 0.6) is 5.75 Å². The van der Waals surface area contributed by atoms with Crippen molar-refractivity contribution >= 4 is 17.8 Å². The van der Waals surface area contributed by atoms with E-state index in [4.69, 9.17) is 20.9 Å². The number of ether oxygens (including phenoxy) is 2. The smallest absolute Gasteiger partial charge is 0.338 e. The zero-order valence-corrected chi connectivity index (χ0v) is 27.7. The third kappa shape index (κ3) is 11.6. The Morgan fingerprint density at radius 2 is 1.50 bits per heavy atom. The number of esters is 1. The van der Waals surface area contributed by atoms with Gasteiger partial charge in [0.2, 0.25) is 5.91 Å². The molecule has 3 rings (SSSR count). The van der Waals surface area contributed by atoms with E-state index in [1.807, 2.05) is 68.4 Å². The molecule has 0 aliphatic carbocycles. The van der Waals surface area contributed by atoms with Gasteiger partial charge in [0, 0.05) is 36.8 Å². The zero-order chi connectivity index (χ0) is 33.5. The van der Waals surface area contributed by atoms with Crippen LogP contribution in [0.3, 0.4) is 0 Å². The van der Waals surface area contributed by atoms with Crippen molar-refractivity contribution < 1.29 is 23.9 Å². The minimum Gasteiger partial charge on any atom is -0.489 e. The third-order valence-corrected chi connectivity index (χ3v) is 7.57. The number of amides is 2. The number of nitrogens with two attached hydrogens (primary N) is 2. The molecular weight excluding hydrogens is 580 g/mol. The number of carbonyl (C=O) groups is 3. The molecule has 0 fully saturated rings. The van der Waals surface area contributed by atoms with Gasteiger partial charge in [-0.2, -0.15) is 0 Å². The molecule has 0 aromatic heterocycles. The van der Waals surface area contributed by atoms with Crippen molar-refractivity contribution in [2.75, 3.05) is 26.2 Å². The Hall–Kier alpha value is -4.21. The number of hydrogen-bond donors (Lipinski definition) is 3. The highest BCUT2D eigenvalue weighted by atomic mass is 16.5. The number of benzene rings is 3. The predicted octanol–water partition coefficient (Wildman–Crippen LogP) is 5.36. The van der Waals surface area contributed by atoms with Crippen LogP contribution >= 0.6 is 0 Å². The number of nitrogens with one attached hydrogen (secondary N) is 1. The van der Waals surface area contributed by atoms with Crippen LogP contribution in [0.4, 0.5) is 0 Å². The van der Waals surface area contributed by atoms with Gasteiger partial charge < -0.3 is 31.2 Å². The summed E-state index contributed by atoms with van der Waals surface area (Å²) in [5.74, 6) is -0.454. The maximum Gasteiger partial charge on any atom is 0.338 e.